The number of halogens is 3. The average Bonchev–Trinajstić information content (AvgIpc) is 3.20. The first-order valence-corrected chi connectivity index (χ1v) is 19.1. The third-order valence-corrected chi connectivity index (χ3v) is 9.48. The highest BCUT2D eigenvalue weighted by atomic mass is 35.6. The van der Waals surface area contributed by atoms with Crippen LogP contribution in [0.25, 0.3) is 10.4 Å². The number of ether oxygens (including phenoxy) is 9. The molecule has 306 valence electrons. The highest BCUT2D eigenvalue weighted by Crippen LogP contribution is 2.39. The van der Waals surface area contributed by atoms with Crippen LogP contribution in [0.15, 0.2) is 96.1 Å². The summed E-state index contributed by atoms with van der Waals surface area (Å²) >= 11 is 17.3. The Morgan fingerprint density at radius 2 is 1.56 bits per heavy atom. The van der Waals surface area contributed by atoms with Crippen molar-refractivity contribution in [2.24, 2.45) is 5.11 Å². The maximum Gasteiger partial charge on any atom is 0.407 e. The van der Waals surface area contributed by atoms with Crippen molar-refractivity contribution < 1.29 is 57.3 Å². The monoisotopic (exact) mass is 850 g/mol. The zero-order chi connectivity index (χ0) is 40.4. The normalized spacial score (nSPS) is 29.9. The van der Waals surface area contributed by atoms with Crippen molar-refractivity contribution >= 4 is 46.9 Å². The molecule has 3 heterocycles. The van der Waals surface area contributed by atoms with Gasteiger partial charge in [-0.25, -0.2) is 4.79 Å². The summed E-state index contributed by atoms with van der Waals surface area (Å²) in [4.78, 5) is 28.6. The Hall–Kier alpha value is -3.74. The lowest BCUT2D eigenvalue weighted by Gasteiger charge is -2.50. The summed E-state index contributed by atoms with van der Waals surface area (Å²) in [6.45, 7) is 0.552. The maximum atomic E-state index is 12.9. The van der Waals surface area contributed by atoms with Crippen LogP contribution >= 0.6 is 34.8 Å². The Morgan fingerprint density at radius 3 is 2.19 bits per heavy atom. The first-order valence-electron chi connectivity index (χ1n) is 17.9. The van der Waals surface area contributed by atoms with E-state index < -0.39 is 90.0 Å². The van der Waals surface area contributed by atoms with E-state index >= 15 is 0 Å². The zero-order valence-corrected chi connectivity index (χ0v) is 32.7. The Kier molecular flexibility index (Phi) is 15.3. The number of aliphatic hydroxyl groups excluding tert-OH is 1. The minimum atomic E-state index is -1.94. The van der Waals surface area contributed by atoms with Crippen molar-refractivity contribution in [3.05, 3.63) is 118 Å². The van der Waals surface area contributed by atoms with Gasteiger partial charge in [0.1, 0.15) is 49.2 Å². The van der Waals surface area contributed by atoms with Gasteiger partial charge in [0.2, 0.25) is 3.79 Å². The molecule has 3 aliphatic heterocycles. The predicted octanol–water partition coefficient (Wildman–Crippen LogP) is 5.81. The van der Waals surface area contributed by atoms with Crippen LogP contribution in [0.3, 0.4) is 0 Å². The molecule has 3 fully saturated rings. The quantitative estimate of drug-likeness (QED) is 0.0651. The standard InChI is InChI=1S/C38H41Cl3N4O12/c1-22(46)53-33-28(43-37(48)52-21-38(39,40)41)34(47)54-26(19-49-17-23-11-5-2-6-12-23)31(33)57-36-29(44-45-42)32(50-18-24-13-7-3-8-14-24)30-27(55-36)20-51-35(56-30)25-15-9-4-10-16-25/h2-16,26-36,47H,17-21H2,1H3,(H,43,48)/t26-,27-,28-,29+,30-,31-,32-,33-,34?,35-,36+/m1/s1. The van der Waals surface area contributed by atoms with E-state index in [-0.39, 0.29) is 26.4 Å². The smallest absolute Gasteiger partial charge is 0.407 e. The van der Waals surface area contributed by atoms with Gasteiger partial charge in [-0.15, -0.1) is 0 Å². The lowest BCUT2D eigenvalue weighted by Crippen LogP contribution is -2.68. The number of alkyl halides is 3. The number of benzene rings is 3. The van der Waals surface area contributed by atoms with Crippen LogP contribution in [0.1, 0.15) is 29.9 Å². The highest BCUT2D eigenvalue weighted by Gasteiger charge is 2.55. The molecule has 0 aliphatic carbocycles. The molecule has 0 saturated carbocycles. The molecule has 3 aromatic carbocycles. The number of nitrogens with zero attached hydrogens (tertiary/aromatic N) is 3. The zero-order valence-electron chi connectivity index (χ0n) is 30.5. The predicted molar refractivity (Wildman–Crippen MR) is 203 cm³/mol. The molecule has 16 nitrogen and oxygen atoms in total. The highest BCUT2D eigenvalue weighted by molar-refractivity contribution is 6.67. The number of esters is 1. The van der Waals surface area contributed by atoms with Crippen molar-refractivity contribution in [2.45, 2.75) is 91.5 Å². The van der Waals surface area contributed by atoms with E-state index in [1.807, 2.05) is 91.0 Å². The van der Waals surface area contributed by atoms with E-state index in [0.717, 1.165) is 23.6 Å². The lowest BCUT2D eigenvalue weighted by molar-refractivity contribution is -0.366. The molecule has 1 amide bonds. The van der Waals surface area contributed by atoms with Crippen LogP contribution in [0, 0.1) is 0 Å². The number of hydrogen-bond donors (Lipinski definition) is 2. The van der Waals surface area contributed by atoms with Crippen LogP contribution < -0.4 is 5.32 Å². The number of carbonyl (C=O) groups is 2. The Morgan fingerprint density at radius 1 is 0.912 bits per heavy atom. The molecular weight excluding hydrogens is 811 g/mol. The number of amides is 1. The van der Waals surface area contributed by atoms with Gasteiger partial charge in [-0.1, -0.05) is 131 Å². The van der Waals surface area contributed by atoms with Gasteiger partial charge < -0.3 is 53.1 Å². The Labute approximate surface area is 343 Å². The van der Waals surface area contributed by atoms with Gasteiger partial charge in [0, 0.05) is 17.4 Å². The van der Waals surface area contributed by atoms with E-state index in [2.05, 4.69) is 15.3 Å². The summed E-state index contributed by atoms with van der Waals surface area (Å²) in [6, 6.07) is 25.2. The molecule has 57 heavy (non-hydrogen) atoms. The Balaban J connectivity index is 1.31. The van der Waals surface area contributed by atoms with Gasteiger partial charge >= 0.3 is 12.1 Å². The molecule has 0 radical (unpaired) electrons. The van der Waals surface area contributed by atoms with Crippen molar-refractivity contribution in [3.8, 4) is 0 Å². The van der Waals surface area contributed by atoms with E-state index in [1.54, 1.807) is 0 Å². The summed E-state index contributed by atoms with van der Waals surface area (Å²) < 4.78 is 52.9. The molecule has 0 spiro atoms. The average molecular weight is 852 g/mol. The molecule has 6 rings (SSSR count). The fourth-order valence-corrected chi connectivity index (χ4v) is 6.81. The third-order valence-electron chi connectivity index (χ3n) is 9.15. The first kappa shape index (κ1) is 42.9. The second kappa shape index (κ2) is 20.3. The van der Waals surface area contributed by atoms with E-state index in [0.29, 0.717) is 0 Å². The minimum absolute atomic E-state index is 0.0222. The SMILES string of the molecule is CC(=O)O[C@H]1[C@H](O[C@@H]2O[C@@H]3CO[C@@H](c4ccccc4)O[C@H]3[C@H](OCc3ccccc3)[C@@H]2N=[N+]=[N-])[C@@H](COCc2ccccc2)OC(O)[C@@H]1NC(=O)OCC(Cl)(Cl)Cl. The van der Waals surface area contributed by atoms with Crippen LogP contribution in [0.5, 0.6) is 0 Å². The van der Waals surface area contributed by atoms with Crippen LogP contribution in [0.4, 0.5) is 4.79 Å². The van der Waals surface area contributed by atoms with Crippen LogP contribution in [0.2, 0.25) is 0 Å². The fourth-order valence-electron chi connectivity index (χ4n) is 6.64. The summed E-state index contributed by atoms with van der Waals surface area (Å²) in [5, 5.41) is 17.7. The number of aliphatic hydroxyl groups is 1. The fraction of sp³-hybridized carbons (Fsp3) is 0.474. The second-order valence-corrected chi connectivity index (χ2v) is 15.8. The van der Waals surface area contributed by atoms with E-state index in [4.69, 9.17) is 77.4 Å². The summed E-state index contributed by atoms with van der Waals surface area (Å²) in [7, 11) is 0. The molecule has 19 heteroatoms. The molecule has 1 unspecified atom stereocenters. The van der Waals surface area contributed by atoms with E-state index in [1.165, 1.54) is 0 Å². The number of hydrogen-bond acceptors (Lipinski definition) is 13. The summed E-state index contributed by atoms with van der Waals surface area (Å²) in [5.41, 5.74) is 12.3. The van der Waals surface area contributed by atoms with Gasteiger partial charge in [-0.05, 0) is 16.7 Å². The third kappa shape index (κ3) is 11.9. The molecule has 3 aromatic rings. The molecule has 2 N–H and O–H groups in total. The molecule has 0 aromatic heterocycles. The van der Waals surface area contributed by atoms with Gasteiger partial charge in [0.25, 0.3) is 0 Å². The number of fused-ring (bicyclic) bond motifs is 1. The molecule has 3 aliphatic rings. The van der Waals surface area contributed by atoms with Crippen LogP contribution in [-0.2, 0) is 60.6 Å². The van der Waals surface area contributed by atoms with Crippen molar-refractivity contribution in [1.82, 2.24) is 5.32 Å². The topological polar surface area (TPSA) is 198 Å². The Bertz CT molecular complexity index is 1790. The molecule has 3 saturated heterocycles. The number of azide groups is 1. The number of nitrogens with one attached hydrogen (secondary N) is 1. The first-order chi connectivity index (χ1) is 27.5. The van der Waals surface area contributed by atoms with E-state index in [9.17, 15) is 20.2 Å². The summed E-state index contributed by atoms with van der Waals surface area (Å²) in [5.74, 6) is -0.797. The largest absolute Gasteiger partial charge is 0.457 e. The number of alkyl carbamates (subject to hydrolysis) is 1. The van der Waals surface area contributed by atoms with Gasteiger partial charge in [-0.2, -0.15) is 0 Å². The minimum Gasteiger partial charge on any atom is -0.457 e. The van der Waals surface area contributed by atoms with Gasteiger partial charge in [0.05, 0.1) is 26.4 Å². The van der Waals surface area contributed by atoms with Crippen molar-refractivity contribution in [2.75, 3.05) is 19.8 Å². The molecule has 11 atom stereocenters. The van der Waals surface area contributed by atoms with Crippen LogP contribution in [-0.4, -0.2) is 102 Å². The number of rotatable bonds is 14. The molecule has 0 bridgehead atoms. The maximum absolute atomic E-state index is 12.9. The second-order valence-electron chi connectivity index (χ2n) is 13.3. The van der Waals surface area contributed by atoms with Gasteiger partial charge in [0.15, 0.2) is 25.0 Å². The number of carbonyl (C=O) groups excluding carboxylic acids is 2. The molecular formula is C38H41Cl3N4O12. The lowest BCUT2D eigenvalue weighted by atomic mass is 9.94. The van der Waals surface area contributed by atoms with Crippen molar-refractivity contribution in [1.29, 1.82) is 0 Å². The van der Waals surface area contributed by atoms with Gasteiger partial charge in [-0.3, -0.25) is 4.79 Å². The summed E-state index contributed by atoms with van der Waals surface area (Å²) in [6.07, 6.45) is -11.7. The van der Waals surface area contributed by atoms with Crippen molar-refractivity contribution in [3.63, 3.8) is 0 Å².